The zero-order valence-corrected chi connectivity index (χ0v) is 16.0. The van der Waals surface area contributed by atoms with Gasteiger partial charge < -0.3 is 10.1 Å². The zero-order valence-electron chi connectivity index (χ0n) is 16.0. The molecule has 4 aromatic rings. The van der Waals surface area contributed by atoms with Crippen molar-refractivity contribution in [1.29, 1.82) is 0 Å². The highest BCUT2D eigenvalue weighted by Gasteiger charge is 2.26. The number of anilines is 1. The minimum Gasteiger partial charge on any atom is -0.496 e. The summed E-state index contributed by atoms with van der Waals surface area (Å²) in [4.78, 5) is 21.8. The third kappa shape index (κ3) is 3.20. The summed E-state index contributed by atoms with van der Waals surface area (Å²) in [6, 6.07) is 7.31. The van der Waals surface area contributed by atoms with E-state index < -0.39 is 0 Å². The van der Waals surface area contributed by atoms with Gasteiger partial charge in [-0.3, -0.25) is 9.48 Å². The summed E-state index contributed by atoms with van der Waals surface area (Å²) in [6.45, 7) is 0. The number of hydrogen-bond acceptors (Lipinski definition) is 6. The van der Waals surface area contributed by atoms with Crippen molar-refractivity contribution in [2.24, 2.45) is 7.05 Å². The molecule has 3 heterocycles. The quantitative estimate of drug-likeness (QED) is 0.563. The van der Waals surface area contributed by atoms with Gasteiger partial charge in [0.1, 0.15) is 17.6 Å². The van der Waals surface area contributed by atoms with Gasteiger partial charge >= 0.3 is 0 Å². The number of ether oxygens (including phenoxy) is 1. The van der Waals surface area contributed by atoms with E-state index in [9.17, 15) is 4.79 Å². The summed E-state index contributed by atoms with van der Waals surface area (Å²) >= 11 is 0. The summed E-state index contributed by atoms with van der Waals surface area (Å²) in [5.41, 5.74) is 3.31. The Bertz CT molecular complexity index is 1220. The Labute approximate surface area is 166 Å². The first-order valence-electron chi connectivity index (χ1n) is 9.32. The Balaban J connectivity index is 1.46. The van der Waals surface area contributed by atoms with Gasteiger partial charge in [0.05, 0.1) is 18.9 Å². The molecule has 0 bridgehead atoms. The molecule has 0 radical (unpaired) electrons. The fourth-order valence-electron chi connectivity index (χ4n) is 3.27. The SMILES string of the molecule is COc1ccc(NC(=O)c2cnn3ccc(C4CC4)nc23)cc1-c1ncn(C)n1. The zero-order chi connectivity index (χ0) is 20.0. The lowest BCUT2D eigenvalue weighted by molar-refractivity contribution is 0.102. The fourth-order valence-corrected chi connectivity index (χ4v) is 3.27. The number of carbonyl (C=O) groups is 1. The van der Waals surface area contributed by atoms with Gasteiger partial charge in [-0.2, -0.15) is 10.2 Å². The molecule has 1 aromatic carbocycles. The van der Waals surface area contributed by atoms with Crippen molar-refractivity contribution < 1.29 is 9.53 Å². The van der Waals surface area contributed by atoms with E-state index in [0.717, 1.165) is 18.5 Å². The molecule has 0 saturated heterocycles. The molecule has 29 heavy (non-hydrogen) atoms. The highest BCUT2D eigenvalue weighted by atomic mass is 16.5. The minimum absolute atomic E-state index is 0.273. The number of fused-ring (bicyclic) bond motifs is 1. The number of hydrogen-bond donors (Lipinski definition) is 1. The number of benzene rings is 1. The Morgan fingerprint density at radius 2 is 2.14 bits per heavy atom. The summed E-state index contributed by atoms with van der Waals surface area (Å²) in [5, 5.41) is 11.5. The molecular formula is C20H19N7O2. The number of rotatable bonds is 5. The highest BCUT2D eigenvalue weighted by molar-refractivity contribution is 6.08. The van der Waals surface area contributed by atoms with Crippen molar-refractivity contribution in [3.8, 4) is 17.1 Å². The van der Waals surface area contributed by atoms with Gasteiger partial charge in [0.2, 0.25) is 0 Å². The van der Waals surface area contributed by atoms with Crippen LogP contribution in [-0.2, 0) is 7.05 Å². The van der Waals surface area contributed by atoms with Crippen LogP contribution in [0, 0.1) is 0 Å². The van der Waals surface area contributed by atoms with E-state index in [-0.39, 0.29) is 5.91 Å². The second-order valence-electron chi connectivity index (χ2n) is 7.06. The molecule has 0 atom stereocenters. The third-order valence-electron chi connectivity index (χ3n) is 4.93. The van der Waals surface area contributed by atoms with Crippen LogP contribution in [0.5, 0.6) is 5.75 Å². The predicted octanol–water partition coefficient (Wildman–Crippen LogP) is 2.66. The summed E-state index contributed by atoms with van der Waals surface area (Å²) in [5.74, 6) is 1.37. The summed E-state index contributed by atoms with van der Waals surface area (Å²) in [6.07, 6.45) is 7.30. The van der Waals surface area contributed by atoms with Crippen LogP contribution in [0.3, 0.4) is 0 Å². The Morgan fingerprint density at radius 3 is 2.86 bits per heavy atom. The van der Waals surface area contributed by atoms with Crippen molar-refractivity contribution in [1.82, 2.24) is 29.4 Å². The predicted molar refractivity (Wildman–Crippen MR) is 106 cm³/mol. The molecule has 1 fully saturated rings. The Kier molecular flexibility index (Phi) is 4.01. The van der Waals surface area contributed by atoms with E-state index in [1.165, 1.54) is 0 Å². The van der Waals surface area contributed by atoms with Crippen molar-refractivity contribution in [3.05, 3.63) is 54.2 Å². The van der Waals surface area contributed by atoms with Crippen LogP contribution >= 0.6 is 0 Å². The molecule has 146 valence electrons. The normalized spacial score (nSPS) is 13.6. The molecule has 0 aliphatic heterocycles. The maximum absolute atomic E-state index is 12.9. The summed E-state index contributed by atoms with van der Waals surface area (Å²) < 4.78 is 8.65. The van der Waals surface area contributed by atoms with Crippen molar-refractivity contribution in [2.45, 2.75) is 18.8 Å². The number of methoxy groups -OCH3 is 1. The van der Waals surface area contributed by atoms with Crippen LogP contribution < -0.4 is 10.1 Å². The van der Waals surface area contributed by atoms with Crippen molar-refractivity contribution in [3.63, 3.8) is 0 Å². The standard InChI is InChI=1S/C20H19N7O2/c1-26-11-21-18(25-26)14-9-13(5-6-17(14)29-2)23-20(28)15-10-22-27-8-7-16(12-3-4-12)24-19(15)27/h5-12H,3-4H2,1-2H3,(H,23,28). The smallest absolute Gasteiger partial charge is 0.261 e. The first-order valence-corrected chi connectivity index (χ1v) is 9.32. The lowest BCUT2D eigenvalue weighted by atomic mass is 10.1. The van der Waals surface area contributed by atoms with Gasteiger partial charge in [-0.05, 0) is 37.1 Å². The van der Waals surface area contributed by atoms with Crippen LogP contribution in [0.25, 0.3) is 17.0 Å². The van der Waals surface area contributed by atoms with E-state index in [2.05, 4.69) is 25.5 Å². The maximum Gasteiger partial charge on any atom is 0.261 e. The number of aryl methyl sites for hydroxylation is 1. The van der Waals surface area contributed by atoms with E-state index in [4.69, 9.17) is 4.74 Å². The molecule has 1 aliphatic rings. The van der Waals surface area contributed by atoms with Crippen LogP contribution in [0.2, 0.25) is 0 Å². The fraction of sp³-hybridized carbons (Fsp3) is 0.250. The molecule has 1 saturated carbocycles. The van der Waals surface area contributed by atoms with Gasteiger partial charge in [-0.15, -0.1) is 0 Å². The third-order valence-corrected chi connectivity index (χ3v) is 4.93. The number of aromatic nitrogens is 6. The van der Waals surface area contributed by atoms with Gasteiger partial charge in [0.15, 0.2) is 11.5 Å². The lowest BCUT2D eigenvalue weighted by Crippen LogP contribution is -2.12. The van der Waals surface area contributed by atoms with Gasteiger partial charge in [0, 0.05) is 30.5 Å². The number of nitrogens with one attached hydrogen (secondary N) is 1. The first kappa shape index (κ1) is 17.4. The molecule has 3 aromatic heterocycles. The average molecular weight is 389 g/mol. The number of carbonyl (C=O) groups excluding carboxylic acids is 1. The van der Waals surface area contributed by atoms with E-state index in [1.807, 2.05) is 12.3 Å². The molecule has 1 amide bonds. The molecule has 0 unspecified atom stereocenters. The highest BCUT2D eigenvalue weighted by Crippen LogP contribution is 2.39. The first-order chi connectivity index (χ1) is 14.1. The average Bonchev–Trinajstić information content (AvgIpc) is 3.35. The summed E-state index contributed by atoms with van der Waals surface area (Å²) in [7, 11) is 3.38. The van der Waals surface area contributed by atoms with Gasteiger partial charge in [-0.25, -0.2) is 14.5 Å². The van der Waals surface area contributed by atoms with Gasteiger partial charge in [-0.1, -0.05) is 0 Å². The maximum atomic E-state index is 12.9. The molecule has 1 aliphatic carbocycles. The molecule has 5 rings (SSSR count). The largest absolute Gasteiger partial charge is 0.496 e. The molecule has 1 N–H and O–H groups in total. The van der Waals surface area contributed by atoms with Crippen molar-refractivity contribution >= 4 is 17.2 Å². The topological polar surface area (TPSA) is 99.2 Å². The second-order valence-corrected chi connectivity index (χ2v) is 7.06. The Hall–Kier alpha value is -3.75. The molecule has 9 heteroatoms. The number of nitrogens with zero attached hydrogens (tertiary/aromatic N) is 6. The molecule has 9 nitrogen and oxygen atoms in total. The minimum atomic E-state index is -0.273. The number of amides is 1. The molecule has 0 spiro atoms. The molecular weight excluding hydrogens is 370 g/mol. The monoisotopic (exact) mass is 389 g/mol. The Morgan fingerprint density at radius 1 is 1.28 bits per heavy atom. The lowest BCUT2D eigenvalue weighted by Gasteiger charge is -2.09. The van der Waals surface area contributed by atoms with Crippen LogP contribution in [0.1, 0.15) is 34.8 Å². The van der Waals surface area contributed by atoms with Crippen LogP contribution in [0.15, 0.2) is 43.0 Å². The van der Waals surface area contributed by atoms with E-state index >= 15 is 0 Å². The van der Waals surface area contributed by atoms with Crippen molar-refractivity contribution in [2.75, 3.05) is 12.4 Å². The van der Waals surface area contributed by atoms with E-state index in [0.29, 0.717) is 40.0 Å². The van der Waals surface area contributed by atoms with Gasteiger partial charge in [0.25, 0.3) is 5.91 Å². The second kappa shape index (κ2) is 6.69. The van der Waals surface area contributed by atoms with Crippen LogP contribution in [0.4, 0.5) is 5.69 Å². The van der Waals surface area contributed by atoms with E-state index in [1.54, 1.807) is 54.1 Å². The van der Waals surface area contributed by atoms with Crippen LogP contribution in [-0.4, -0.2) is 42.4 Å².